The van der Waals surface area contributed by atoms with Crippen molar-refractivity contribution in [2.75, 3.05) is 0 Å². The summed E-state index contributed by atoms with van der Waals surface area (Å²) in [6.07, 6.45) is 3.77. The van der Waals surface area contributed by atoms with E-state index in [-0.39, 0.29) is 5.91 Å². The molecule has 3 heteroatoms. The molecule has 0 radical (unpaired) electrons. The van der Waals surface area contributed by atoms with Crippen LogP contribution in [0.5, 0.6) is 0 Å². The Labute approximate surface area is 109 Å². The lowest BCUT2D eigenvalue weighted by Gasteiger charge is -2.09. The van der Waals surface area contributed by atoms with Crippen LogP contribution in [0, 0.1) is 17.2 Å². The maximum atomic E-state index is 11.8. The van der Waals surface area contributed by atoms with Crippen LogP contribution in [0.1, 0.15) is 38.2 Å². The molecule has 0 spiro atoms. The van der Waals surface area contributed by atoms with Crippen molar-refractivity contribution in [2.24, 2.45) is 5.92 Å². The first kappa shape index (κ1) is 14.2. The Morgan fingerprint density at radius 2 is 2.06 bits per heavy atom. The van der Waals surface area contributed by atoms with Gasteiger partial charge in [0.25, 0.3) is 0 Å². The van der Waals surface area contributed by atoms with E-state index in [1.54, 1.807) is 0 Å². The highest BCUT2D eigenvalue weighted by Gasteiger charge is 2.16. The number of hydrogen-bond acceptors (Lipinski definition) is 2. The van der Waals surface area contributed by atoms with Crippen molar-refractivity contribution in [3.8, 4) is 6.07 Å². The molecule has 1 unspecified atom stereocenters. The molecule has 0 aliphatic carbocycles. The minimum absolute atomic E-state index is 0.155. The second-order valence-electron chi connectivity index (χ2n) is 4.38. The smallest absolute Gasteiger partial charge is 0.237 e. The van der Waals surface area contributed by atoms with Crippen molar-refractivity contribution in [3.05, 3.63) is 35.9 Å². The molecule has 1 aromatic carbocycles. The highest BCUT2D eigenvalue weighted by Crippen LogP contribution is 2.09. The molecule has 1 amide bonds. The molecule has 1 aromatic rings. The predicted octanol–water partition coefficient (Wildman–Crippen LogP) is 3.02. The maximum absolute atomic E-state index is 11.8. The van der Waals surface area contributed by atoms with Gasteiger partial charge in [0.2, 0.25) is 5.91 Å². The second kappa shape index (κ2) is 8.30. The van der Waals surface area contributed by atoms with E-state index >= 15 is 0 Å². The zero-order chi connectivity index (χ0) is 13.2. The normalized spacial score (nSPS) is 11.6. The first-order valence-corrected chi connectivity index (χ1v) is 6.49. The molecule has 0 saturated heterocycles. The van der Waals surface area contributed by atoms with Crippen LogP contribution < -0.4 is 5.32 Å². The van der Waals surface area contributed by atoms with Crippen LogP contribution in [0.15, 0.2) is 30.3 Å². The molecule has 0 bridgehead atoms. The summed E-state index contributed by atoms with van der Waals surface area (Å²) < 4.78 is 0. The lowest BCUT2D eigenvalue weighted by Crippen LogP contribution is -2.29. The number of carbonyl (C=O) groups excluding carboxylic acids is 1. The molecule has 1 N–H and O–H groups in total. The van der Waals surface area contributed by atoms with Gasteiger partial charge < -0.3 is 5.32 Å². The van der Waals surface area contributed by atoms with Crippen molar-refractivity contribution >= 4 is 5.91 Å². The van der Waals surface area contributed by atoms with Gasteiger partial charge in [-0.15, -0.1) is 0 Å². The number of rotatable bonds is 7. The van der Waals surface area contributed by atoms with Crippen LogP contribution in [0.4, 0.5) is 0 Å². The van der Waals surface area contributed by atoms with Crippen LogP contribution in [0.2, 0.25) is 0 Å². The van der Waals surface area contributed by atoms with Crippen LogP contribution in [0.3, 0.4) is 0 Å². The second-order valence-corrected chi connectivity index (χ2v) is 4.38. The highest BCUT2D eigenvalue weighted by molar-refractivity contribution is 5.80. The Hall–Kier alpha value is -1.82. The first-order valence-electron chi connectivity index (χ1n) is 6.49. The molecule has 0 aliphatic rings. The van der Waals surface area contributed by atoms with Crippen molar-refractivity contribution in [1.82, 2.24) is 5.32 Å². The van der Waals surface area contributed by atoms with E-state index in [1.165, 1.54) is 0 Å². The largest absolute Gasteiger partial charge is 0.351 e. The molecule has 1 atom stereocenters. The molecule has 0 fully saturated rings. The number of nitriles is 1. The van der Waals surface area contributed by atoms with Gasteiger partial charge in [-0.3, -0.25) is 4.79 Å². The average Bonchev–Trinajstić information content (AvgIpc) is 2.42. The zero-order valence-corrected chi connectivity index (χ0v) is 10.9. The average molecular weight is 244 g/mol. The molecular weight excluding hydrogens is 224 g/mol. The maximum Gasteiger partial charge on any atom is 0.237 e. The summed E-state index contributed by atoms with van der Waals surface area (Å²) in [6.45, 7) is 2.60. The summed E-state index contributed by atoms with van der Waals surface area (Å²) in [6, 6.07) is 11.8. The van der Waals surface area contributed by atoms with Crippen LogP contribution in [0.25, 0.3) is 0 Å². The van der Waals surface area contributed by atoms with E-state index in [4.69, 9.17) is 5.26 Å². The quantitative estimate of drug-likeness (QED) is 0.749. The molecule has 96 valence electrons. The lowest BCUT2D eigenvalue weighted by molar-refractivity contribution is -0.123. The molecule has 0 aliphatic heterocycles. The molecule has 3 nitrogen and oxygen atoms in total. The third-order valence-electron chi connectivity index (χ3n) is 2.88. The minimum atomic E-state index is -0.514. The Morgan fingerprint density at radius 1 is 1.33 bits per heavy atom. The molecule has 18 heavy (non-hydrogen) atoms. The number of hydrogen-bond donors (Lipinski definition) is 1. The van der Waals surface area contributed by atoms with Gasteiger partial charge in [-0.2, -0.15) is 5.26 Å². The molecular formula is C15H20N2O. The van der Waals surface area contributed by atoms with E-state index in [0.29, 0.717) is 13.0 Å². The van der Waals surface area contributed by atoms with Gasteiger partial charge in [-0.05, 0) is 12.0 Å². The summed E-state index contributed by atoms with van der Waals surface area (Å²) in [5, 5.41) is 11.8. The third kappa shape index (κ3) is 5.01. The van der Waals surface area contributed by atoms with Gasteiger partial charge in [0.1, 0.15) is 5.92 Å². The standard InChI is InChI=1S/C15H20N2O/c1-2-3-5-10-14(11-16)15(18)17-12-13-8-6-4-7-9-13/h4,6-9,14H,2-3,5,10,12H2,1H3,(H,17,18). The van der Waals surface area contributed by atoms with Crippen molar-refractivity contribution in [1.29, 1.82) is 5.26 Å². The van der Waals surface area contributed by atoms with Gasteiger partial charge in [-0.1, -0.05) is 56.5 Å². The number of unbranched alkanes of at least 4 members (excludes halogenated alkanes) is 2. The summed E-state index contributed by atoms with van der Waals surface area (Å²) >= 11 is 0. The molecule has 0 aromatic heterocycles. The molecule has 0 saturated carbocycles. The fourth-order valence-electron chi connectivity index (χ4n) is 1.76. The Bertz CT molecular complexity index is 395. The summed E-state index contributed by atoms with van der Waals surface area (Å²) in [4.78, 5) is 11.8. The lowest BCUT2D eigenvalue weighted by atomic mass is 10.0. The minimum Gasteiger partial charge on any atom is -0.351 e. The first-order chi connectivity index (χ1) is 8.77. The van der Waals surface area contributed by atoms with E-state index in [2.05, 4.69) is 18.3 Å². The summed E-state index contributed by atoms with van der Waals surface area (Å²) in [5.41, 5.74) is 1.05. The molecule has 0 heterocycles. The van der Waals surface area contributed by atoms with E-state index in [0.717, 1.165) is 24.8 Å². The Balaban J connectivity index is 2.36. The van der Waals surface area contributed by atoms with Crippen LogP contribution in [-0.4, -0.2) is 5.91 Å². The van der Waals surface area contributed by atoms with E-state index < -0.39 is 5.92 Å². The van der Waals surface area contributed by atoms with Crippen molar-refractivity contribution < 1.29 is 4.79 Å². The van der Waals surface area contributed by atoms with Crippen molar-refractivity contribution in [3.63, 3.8) is 0 Å². The fraction of sp³-hybridized carbons (Fsp3) is 0.467. The highest BCUT2D eigenvalue weighted by atomic mass is 16.1. The van der Waals surface area contributed by atoms with Gasteiger partial charge in [0, 0.05) is 6.54 Å². The summed E-state index contributed by atoms with van der Waals surface area (Å²) in [7, 11) is 0. The SMILES string of the molecule is CCCCCC(C#N)C(=O)NCc1ccccc1. The number of carbonyl (C=O) groups is 1. The van der Waals surface area contributed by atoms with E-state index in [9.17, 15) is 4.79 Å². The summed E-state index contributed by atoms with van der Waals surface area (Å²) in [5.74, 6) is -0.669. The number of amides is 1. The predicted molar refractivity (Wildman–Crippen MR) is 71.5 cm³/mol. The van der Waals surface area contributed by atoms with Crippen LogP contribution in [-0.2, 0) is 11.3 Å². The van der Waals surface area contributed by atoms with Crippen molar-refractivity contribution in [2.45, 2.75) is 39.2 Å². The monoisotopic (exact) mass is 244 g/mol. The number of nitrogens with one attached hydrogen (secondary N) is 1. The zero-order valence-electron chi connectivity index (χ0n) is 10.9. The number of nitrogens with zero attached hydrogens (tertiary/aromatic N) is 1. The fourth-order valence-corrected chi connectivity index (χ4v) is 1.76. The van der Waals surface area contributed by atoms with Gasteiger partial charge in [0.15, 0.2) is 0 Å². The van der Waals surface area contributed by atoms with Gasteiger partial charge in [0.05, 0.1) is 6.07 Å². The van der Waals surface area contributed by atoms with Gasteiger partial charge in [-0.25, -0.2) is 0 Å². The molecule has 1 rings (SSSR count). The number of benzene rings is 1. The topological polar surface area (TPSA) is 52.9 Å². The van der Waals surface area contributed by atoms with Crippen LogP contribution >= 0.6 is 0 Å². The van der Waals surface area contributed by atoms with E-state index in [1.807, 2.05) is 30.3 Å². The Morgan fingerprint density at radius 3 is 2.67 bits per heavy atom. The van der Waals surface area contributed by atoms with Gasteiger partial charge >= 0.3 is 0 Å². The third-order valence-corrected chi connectivity index (χ3v) is 2.88. The Kier molecular flexibility index (Phi) is 6.56.